The van der Waals surface area contributed by atoms with Crippen molar-refractivity contribution >= 4 is 17.7 Å². The molecule has 0 radical (unpaired) electrons. The van der Waals surface area contributed by atoms with Gasteiger partial charge in [0.05, 0.1) is 0 Å². The standard InChI is InChI=1S/C16H13FO3S/c17-13-6-3-5-12(16(18)19)15(13)20-9-11-8-10-4-1-2-7-14(10)21-11/h1-7,11H,8-9H2,(H,18,19). The molecule has 1 aliphatic rings. The zero-order valence-electron chi connectivity index (χ0n) is 11.1. The molecule has 0 bridgehead atoms. The highest BCUT2D eigenvalue weighted by molar-refractivity contribution is 8.00. The second-order valence-electron chi connectivity index (χ2n) is 4.78. The minimum Gasteiger partial charge on any atom is -0.488 e. The number of carboxylic acids is 1. The molecule has 3 nitrogen and oxygen atoms in total. The summed E-state index contributed by atoms with van der Waals surface area (Å²) in [6.07, 6.45) is 0.845. The SMILES string of the molecule is O=C(O)c1cccc(F)c1OCC1Cc2ccccc2S1. The van der Waals surface area contributed by atoms with Crippen molar-refractivity contribution in [1.82, 2.24) is 0 Å². The van der Waals surface area contributed by atoms with E-state index in [1.165, 1.54) is 28.7 Å². The molecule has 2 aromatic carbocycles. The van der Waals surface area contributed by atoms with E-state index < -0.39 is 11.8 Å². The molecule has 21 heavy (non-hydrogen) atoms. The van der Waals surface area contributed by atoms with E-state index in [1.54, 1.807) is 11.8 Å². The number of carboxylic acid groups (broad SMARTS) is 1. The summed E-state index contributed by atoms with van der Waals surface area (Å²) in [4.78, 5) is 12.3. The van der Waals surface area contributed by atoms with Gasteiger partial charge in [-0.25, -0.2) is 9.18 Å². The van der Waals surface area contributed by atoms with Gasteiger partial charge in [-0.3, -0.25) is 0 Å². The van der Waals surface area contributed by atoms with E-state index >= 15 is 0 Å². The molecule has 0 amide bonds. The zero-order valence-corrected chi connectivity index (χ0v) is 11.9. The molecule has 1 N–H and O–H groups in total. The van der Waals surface area contributed by atoms with Crippen molar-refractivity contribution in [3.8, 4) is 5.75 Å². The van der Waals surface area contributed by atoms with Gasteiger partial charge >= 0.3 is 5.97 Å². The molecule has 0 saturated carbocycles. The number of fused-ring (bicyclic) bond motifs is 1. The summed E-state index contributed by atoms with van der Waals surface area (Å²) in [5.41, 5.74) is 1.11. The summed E-state index contributed by atoms with van der Waals surface area (Å²) in [6, 6.07) is 12.0. The molecular formula is C16H13FO3S. The maximum Gasteiger partial charge on any atom is 0.339 e. The molecule has 108 valence electrons. The average molecular weight is 304 g/mol. The Labute approximate surface area is 125 Å². The highest BCUT2D eigenvalue weighted by Gasteiger charge is 2.24. The van der Waals surface area contributed by atoms with Gasteiger partial charge in [-0.15, -0.1) is 11.8 Å². The van der Waals surface area contributed by atoms with Crippen molar-refractivity contribution in [2.75, 3.05) is 6.61 Å². The number of aromatic carboxylic acids is 1. The number of hydrogen-bond donors (Lipinski definition) is 1. The minimum absolute atomic E-state index is 0.143. The molecule has 0 aromatic heterocycles. The van der Waals surface area contributed by atoms with E-state index in [4.69, 9.17) is 9.84 Å². The quantitative estimate of drug-likeness (QED) is 0.937. The van der Waals surface area contributed by atoms with E-state index in [-0.39, 0.29) is 23.2 Å². The van der Waals surface area contributed by atoms with E-state index in [1.807, 2.05) is 18.2 Å². The summed E-state index contributed by atoms with van der Waals surface area (Å²) < 4.78 is 19.2. The van der Waals surface area contributed by atoms with Crippen LogP contribution in [0, 0.1) is 5.82 Å². The Bertz CT molecular complexity index is 662. The van der Waals surface area contributed by atoms with Crippen LogP contribution in [0.3, 0.4) is 0 Å². The molecule has 2 aromatic rings. The molecule has 0 saturated heterocycles. The molecule has 0 fully saturated rings. The second kappa shape index (κ2) is 5.77. The predicted molar refractivity (Wildman–Crippen MR) is 78.6 cm³/mol. The lowest BCUT2D eigenvalue weighted by atomic mass is 10.1. The van der Waals surface area contributed by atoms with Crippen molar-refractivity contribution in [2.45, 2.75) is 16.6 Å². The predicted octanol–water partition coefficient (Wildman–Crippen LogP) is 3.62. The van der Waals surface area contributed by atoms with E-state index in [0.717, 1.165) is 6.42 Å². The number of rotatable bonds is 4. The Hall–Kier alpha value is -2.01. The van der Waals surface area contributed by atoms with Crippen LogP contribution in [0.15, 0.2) is 47.4 Å². The van der Waals surface area contributed by atoms with Crippen LogP contribution in [0.5, 0.6) is 5.75 Å². The van der Waals surface area contributed by atoms with Gasteiger partial charge in [0.15, 0.2) is 11.6 Å². The number of ether oxygens (including phenoxy) is 1. The minimum atomic E-state index is -1.19. The fraction of sp³-hybridized carbons (Fsp3) is 0.188. The fourth-order valence-electron chi connectivity index (χ4n) is 2.35. The first-order valence-corrected chi connectivity index (χ1v) is 7.42. The van der Waals surface area contributed by atoms with Crippen LogP contribution in [0.25, 0.3) is 0 Å². The molecule has 1 aliphatic heterocycles. The maximum absolute atomic E-state index is 13.8. The highest BCUT2D eigenvalue weighted by atomic mass is 32.2. The van der Waals surface area contributed by atoms with Crippen LogP contribution in [0.1, 0.15) is 15.9 Å². The van der Waals surface area contributed by atoms with E-state index in [9.17, 15) is 9.18 Å². The van der Waals surface area contributed by atoms with Crippen molar-refractivity contribution in [2.24, 2.45) is 0 Å². The van der Waals surface area contributed by atoms with E-state index in [2.05, 4.69) is 6.07 Å². The Morgan fingerprint density at radius 1 is 1.29 bits per heavy atom. The van der Waals surface area contributed by atoms with Crippen LogP contribution >= 0.6 is 11.8 Å². The molecule has 3 rings (SSSR count). The molecule has 0 aliphatic carbocycles. The fourth-order valence-corrected chi connectivity index (χ4v) is 3.57. The molecule has 1 heterocycles. The van der Waals surface area contributed by atoms with Crippen LogP contribution in [0.2, 0.25) is 0 Å². The van der Waals surface area contributed by atoms with Crippen molar-refractivity contribution < 1.29 is 19.0 Å². The van der Waals surface area contributed by atoms with Gasteiger partial charge in [0.25, 0.3) is 0 Å². The van der Waals surface area contributed by atoms with Gasteiger partial charge < -0.3 is 9.84 Å². The van der Waals surface area contributed by atoms with Crippen LogP contribution < -0.4 is 4.74 Å². The lowest BCUT2D eigenvalue weighted by Crippen LogP contribution is -2.16. The smallest absolute Gasteiger partial charge is 0.339 e. The Balaban J connectivity index is 1.71. The van der Waals surface area contributed by atoms with Crippen molar-refractivity contribution in [3.63, 3.8) is 0 Å². The Morgan fingerprint density at radius 3 is 2.86 bits per heavy atom. The monoisotopic (exact) mass is 304 g/mol. The number of thioether (sulfide) groups is 1. The summed E-state index contributed by atoms with van der Waals surface area (Å²) in [6.45, 7) is 0.278. The van der Waals surface area contributed by atoms with Gasteiger partial charge in [-0.05, 0) is 30.2 Å². The summed E-state index contributed by atoms with van der Waals surface area (Å²) in [7, 11) is 0. The molecule has 1 unspecified atom stereocenters. The molecule has 1 atom stereocenters. The highest BCUT2D eigenvalue weighted by Crippen LogP contribution is 2.37. The Morgan fingerprint density at radius 2 is 2.10 bits per heavy atom. The third kappa shape index (κ3) is 2.88. The number of benzene rings is 2. The van der Waals surface area contributed by atoms with Gasteiger partial charge in [-0.1, -0.05) is 24.3 Å². The molecule has 0 spiro atoms. The van der Waals surface area contributed by atoms with Crippen LogP contribution in [-0.2, 0) is 6.42 Å². The van der Waals surface area contributed by atoms with E-state index in [0.29, 0.717) is 0 Å². The maximum atomic E-state index is 13.8. The molecule has 5 heteroatoms. The summed E-state index contributed by atoms with van der Waals surface area (Å²) in [5.74, 6) is -2.01. The average Bonchev–Trinajstić information content (AvgIpc) is 2.88. The third-order valence-electron chi connectivity index (χ3n) is 3.32. The van der Waals surface area contributed by atoms with Crippen molar-refractivity contribution in [3.05, 3.63) is 59.4 Å². The number of carbonyl (C=O) groups is 1. The summed E-state index contributed by atoms with van der Waals surface area (Å²) in [5, 5.41) is 9.24. The molecular weight excluding hydrogens is 291 g/mol. The van der Waals surface area contributed by atoms with Gasteiger partial charge in [0, 0.05) is 10.1 Å². The van der Waals surface area contributed by atoms with Crippen LogP contribution in [-0.4, -0.2) is 22.9 Å². The number of halogens is 1. The van der Waals surface area contributed by atoms with Gasteiger partial charge in [0.1, 0.15) is 12.2 Å². The first kappa shape index (κ1) is 13.9. The normalized spacial score (nSPS) is 16.5. The second-order valence-corrected chi connectivity index (χ2v) is 6.13. The number of hydrogen-bond acceptors (Lipinski definition) is 3. The van der Waals surface area contributed by atoms with Crippen LogP contribution in [0.4, 0.5) is 4.39 Å². The van der Waals surface area contributed by atoms with Gasteiger partial charge in [-0.2, -0.15) is 0 Å². The Kier molecular flexibility index (Phi) is 3.84. The lowest BCUT2D eigenvalue weighted by molar-refractivity contribution is 0.0691. The van der Waals surface area contributed by atoms with Crippen molar-refractivity contribution in [1.29, 1.82) is 0 Å². The lowest BCUT2D eigenvalue weighted by Gasteiger charge is -2.13. The largest absolute Gasteiger partial charge is 0.488 e. The topological polar surface area (TPSA) is 46.5 Å². The first-order valence-electron chi connectivity index (χ1n) is 6.54. The third-order valence-corrected chi connectivity index (χ3v) is 4.61. The zero-order chi connectivity index (χ0) is 14.8. The number of para-hydroxylation sites is 1. The first-order chi connectivity index (χ1) is 10.1. The van der Waals surface area contributed by atoms with Gasteiger partial charge in [0.2, 0.25) is 0 Å². The summed E-state index contributed by atoms with van der Waals surface area (Å²) >= 11 is 1.68.